The Labute approximate surface area is 146 Å². The molecule has 4 heteroatoms. The second-order valence-electron chi connectivity index (χ2n) is 5.39. The van der Waals surface area contributed by atoms with Crippen molar-refractivity contribution in [2.75, 3.05) is 11.9 Å². The Morgan fingerprint density at radius 1 is 0.760 bits per heavy atom. The van der Waals surface area contributed by atoms with Gasteiger partial charge in [-0.15, -0.1) is 0 Å². The van der Waals surface area contributed by atoms with Gasteiger partial charge in [0.25, 0.3) is 5.91 Å². The standard InChI is InChI=1S/C21H17NO3/c23-20(22-17-11-5-2-6-12-17)15-25-19-14-8-7-13-18(19)21(24)16-9-3-1-4-10-16/h1-14H,15H2,(H,22,23)/i21-1. The first-order chi connectivity index (χ1) is 12.2. The number of anilines is 1. The molecule has 4 nitrogen and oxygen atoms in total. The fourth-order valence-corrected chi connectivity index (χ4v) is 2.39. The number of carbonyl (C=O) groups is 2. The summed E-state index contributed by atoms with van der Waals surface area (Å²) in [5.41, 5.74) is 1.71. The minimum Gasteiger partial charge on any atom is -0.483 e. The summed E-state index contributed by atoms with van der Waals surface area (Å²) in [5, 5.41) is 2.74. The Hall–Kier alpha value is -3.40. The molecule has 0 fully saturated rings. The first kappa shape index (κ1) is 16.5. The van der Waals surface area contributed by atoms with Crippen LogP contribution in [0.25, 0.3) is 0 Å². The predicted octanol–water partition coefficient (Wildman–Crippen LogP) is 3.94. The third-order valence-corrected chi connectivity index (χ3v) is 3.58. The van der Waals surface area contributed by atoms with E-state index in [4.69, 9.17) is 4.74 Å². The Morgan fingerprint density at radius 2 is 1.36 bits per heavy atom. The summed E-state index contributed by atoms with van der Waals surface area (Å²) in [7, 11) is 0. The van der Waals surface area contributed by atoms with Crippen LogP contribution in [0, 0.1) is 0 Å². The smallest absolute Gasteiger partial charge is 0.262 e. The molecular formula is C21H17NO3. The molecule has 0 aliphatic carbocycles. The second-order valence-corrected chi connectivity index (χ2v) is 5.39. The van der Waals surface area contributed by atoms with Gasteiger partial charge in [0.05, 0.1) is 5.56 Å². The van der Waals surface area contributed by atoms with Gasteiger partial charge in [-0.05, 0) is 24.3 Å². The van der Waals surface area contributed by atoms with Crippen LogP contribution in [0.2, 0.25) is 0 Å². The highest BCUT2D eigenvalue weighted by Crippen LogP contribution is 2.21. The van der Waals surface area contributed by atoms with Crippen molar-refractivity contribution in [2.45, 2.75) is 0 Å². The van der Waals surface area contributed by atoms with Gasteiger partial charge in [-0.3, -0.25) is 9.59 Å². The number of hydrogen-bond acceptors (Lipinski definition) is 3. The molecule has 0 aliphatic heterocycles. The fraction of sp³-hybridized carbons (Fsp3) is 0.0476. The number of ketones is 1. The highest BCUT2D eigenvalue weighted by atomic mass is 16.5. The SMILES string of the molecule is O=C(COc1ccccc1[11C](=O)c1ccccc1)Nc1ccccc1. The predicted molar refractivity (Wildman–Crippen MR) is 96.9 cm³/mol. The number of carbonyl (C=O) groups excluding carboxylic acids is 2. The molecular weight excluding hydrogens is 313 g/mol. The van der Waals surface area contributed by atoms with Crippen molar-refractivity contribution in [3.05, 3.63) is 96.1 Å². The molecule has 0 saturated heterocycles. The molecule has 0 saturated carbocycles. The number of nitrogens with one attached hydrogen (secondary N) is 1. The van der Waals surface area contributed by atoms with E-state index in [1.165, 1.54) is 0 Å². The molecule has 0 atom stereocenters. The summed E-state index contributed by atoms with van der Waals surface area (Å²) in [4.78, 5) is 24.6. The van der Waals surface area contributed by atoms with Crippen LogP contribution in [0.1, 0.15) is 15.9 Å². The molecule has 0 radical (unpaired) electrons. The molecule has 0 aromatic heterocycles. The van der Waals surface area contributed by atoms with Crippen LogP contribution < -0.4 is 10.1 Å². The Balaban J connectivity index is 1.69. The number of amides is 1. The van der Waals surface area contributed by atoms with Gasteiger partial charge in [0.1, 0.15) is 5.75 Å². The maximum Gasteiger partial charge on any atom is 0.262 e. The zero-order chi connectivity index (χ0) is 17.5. The summed E-state index contributed by atoms with van der Waals surface area (Å²) in [6.45, 7) is -0.173. The maximum absolute atomic E-state index is 12.6. The molecule has 3 aromatic carbocycles. The average molecular weight is 330 g/mol. The van der Waals surface area contributed by atoms with Crippen LogP contribution in [-0.4, -0.2) is 18.3 Å². The topological polar surface area (TPSA) is 55.4 Å². The van der Waals surface area contributed by atoms with E-state index in [1.54, 1.807) is 48.5 Å². The van der Waals surface area contributed by atoms with Gasteiger partial charge < -0.3 is 10.1 Å². The number of ether oxygens (including phenoxy) is 1. The van der Waals surface area contributed by atoms with Crippen molar-refractivity contribution in [1.29, 1.82) is 0 Å². The monoisotopic (exact) mass is 330 g/mol. The van der Waals surface area contributed by atoms with E-state index in [0.717, 1.165) is 0 Å². The van der Waals surface area contributed by atoms with Crippen molar-refractivity contribution in [1.82, 2.24) is 0 Å². The first-order valence-electron chi connectivity index (χ1n) is 7.90. The summed E-state index contributed by atoms with van der Waals surface area (Å²) in [6, 6.07) is 25.0. The summed E-state index contributed by atoms with van der Waals surface area (Å²) in [5.74, 6) is -0.0348. The van der Waals surface area contributed by atoms with Crippen LogP contribution >= 0.6 is 0 Å². The van der Waals surface area contributed by atoms with Crippen LogP contribution in [0.3, 0.4) is 0 Å². The summed E-state index contributed by atoms with van der Waals surface area (Å²) < 4.78 is 5.58. The third kappa shape index (κ3) is 4.32. The van der Waals surface area contributed by atoms with E-state index >= 15 is 0 Å². The number of para-hydroxylation sites is 2. The summed E-state index contributed by atoms with van der Waals surface area (Å²) >= 11 is 0. The second kappa shape index (κ2) is 7.93. The largest absolute Gasteiger partial charge is 0.483 e. The van der Waals surface area contributed by atoms with Crippen molar-refractivity contribution in [2.24, 2.45) is 0 Å². The Kier molecular flexibility index (Phi) is 5.22. The molecule has 3 rings (SSSR count). The van der Waals surface area contributed by atoms with E-state index in [-0.39, 0.29) is 18.3 Å². The van der Waals surface area contributed by atoms with Gasteiger partial charge in [-0.1, -0.05) is 60.7 Å². The van der Waals surface area contributed by atoms with E-state index in [2.05, 4.69) is 5.32 Å². The van der Waals surface area contributed by atoms with Gasteiger partial charge in [-0.2, -0.15) is 0 Å². The number of hydrogen-bond donors (Lipinski definition) is 1. The maximum atomic E-state index is 12.6. The van der Waals surface area contributed by atoms with Crippen LogP contribution in [0.4, 0.5) is 5.69 Å². The van der Waals surface area contributed by atoms with Crippen LogP contribution in [0.15, 0.2) is 84.9 Å². The third-order valence-electron chi connectivity index (χ3n) is 3.58. The van der Waals surface area contributed by atoms with Crippen LogP contribution in [0.5, 0.6) is 5.75 Å². The quantitative estimate of drug-likeness (QED) is 0.697. The first-order valence-corrected chi connectivity index (χ1v) is 7.90. The van der Waals surface area contributed by atoms with Gasteiger partial charge >= 0.3 is 0 Å². The highest BCUT2D eigenvalue weighted by molar-refractivity contribution is 6.10. The van der Waals surface area contributed by atoms with E-state index in [9.17, 15) is 9.59 Å². The van der Waals surface area contributed by atoms with Gasteiger partial charge in [0.2, 0.25) is 0 Å². The normalized spacial score (nSPS) is 10.1. The highest BCUT2D eigenvalue weighted by Gasteiger charge is 2.15. The van der Waals surface area contributed by atoms with E-state index in [0.29, 0.717) is 22.6 Å². The minimum atomic E-state index is -0.284. The fourth-order valence-electron chi connectivity index (χ4n) is 2.39. The van der Waals surface area contributed by atoms with Crippen molar-refractivity contribution < 1.29 is 14.3 Å². The molecule has 0 bridgehead atoms. The van der Waals surface area contributed by atoms with Gasteiger partial charge in [-0.25, -0.2) is 0 Å². The molecule has 3 aromatic rings. The van der Waals surface area contributed by atoms with Crippen LogP contribution in [-0.2, 0) is 4.79 Å². The Morgan fingerprint density at radius 3 is 2.08 bits per heavy atom. The molecule has 0 heterocycles. The van der Waals surface area contributed by atoms with Gasteiger partial charge in [0.15, 0.2) is 12.4 Å². The average Bonchev–Trinajstić information content (AvgIpc) is 2.67. The molecule has 1 N–H and O–H groups in total. The summed E-state index contributed by atoms with van der Waals surface area (Å²) in [6.07, 6.45) is 0. The molecule has 1 amide bonds. The van der Waals surface area contributed by atoms with E-state index in [1.807, 2.05) is 36.4 Å². The lowest BCUT2D eigenvalue weighted by atomic mass is 9.69. The van der Waals surface area contributed by atoms with E-state index < -0.39 is 0 Å². The zero-order valence-corrected chi connectivity index (χ0v) is 13.5. The van der Waals surface area contributed by atoms with Crippen molar-refractivity contribution in [3.63, 3.8) is 0 Å². The zero-order valence-electron chi connectivity index (χ0n) is 13.5. The van der Waals surface area contributed by atoms with Gasteiger partial charge in [0, 0.05) is 11.3 Å². The lowest BCUT2D eigenvalue weighted by Gasteiger charge is -2.11. The molecule has 0 spiro atoms. The Bertz CT molecular complexity index is 861. The molecule has 0 aliphatic rings. The molecule has 124 valence electrons. The molecule has 25 heavy (non-hydrogen) atoms. The van der Waals surface area contributed by atoms with Crippen molar-refractivity contribution >= 4 is 17.4 Å². The number of benzene rings is 3. The lowest BCUT2D eigenvalue weighted by Crippen LogP contribution is -2.20. The minimum absolute atomic E-state index is 0.139. The number of rotatable bonds is 6. The lowest BCUT2D eigenvalue weighted by molar-refractivity contribution is -0.118. The molecule has 0 unspecified atom stereocenters. The van der Waals surface area contributed by atoms with Crippen molar-refractivity contribution in [3.8, 4) is 5.75 Å².